The Balaban J connectivity index is 2.11. The smallest absolute Gasteiger partial charge is 0.0777 e. The molecule has 0 unspecified atom stereocenters. The Bertz CT molecular complexity index is 275. The van der Waals surface area contributed by atoms with E-state index in [0.717, 1.165) is 10.1 Å². The summed E-state index contributed by atoms with van der Waals surface area (Å²) in [6.07, 6.45) is 0. The van der Waals surface area contributed by atoms with Crippen LogP contribution < -0.4 is 11.5 Å². The van der Waals surface area contributed by atoms with Gasteiger partial charge >= 0.3 is 0 Å². The first-order valence-electron chi connectivity index (χ1n) is 3.10. The van der Waals surface area contributed by atoms with Gasteiger partial charge in [-0.25, -0.2) is 0 Å². The van der Waals surface area contributed by atoms with Gasteiger partial charge in [0.05, 0.1) is 18.5 Å². The van der Waals surface area contributed by atoms with Crippen molar-refractivity contribution >= 4 is 47.0 Å². The molecule has 0 spiro atoms. The summed E-state index contributed by atoms with van der Waals surface area (Å²) < 4.78 is 2.50. The van der Waals surface area contributed by atoms with Gasteiger partial charge in [-0.15, -0.1) is 0 Å². The van der Waals surface area contributed by atoms with Crippen LogP contribution in [0.5, 0.6) is 0 Å². The largest absolute Gasteiger partial charge is 0.393 e. The molecule has 0 aromatic heterocycles. The lowest BCUT2D eigenvalue weighted by atomic mass is 11.1. The Morgan fingerprint density at radius 1 is 0.833 bits per heavy atom. The van der Waals surface area contributed by atoms with Gasteiger partial charge in [-0.2, -0.15) is 0 Å². The van der Waals surface area contributed by atoms with Gasteiger partial charge in [-0.05, 0) is 0 Å². The van der Waals surface area contributed by atoms with Crippen LogP contribution in [0.1, 0.15) is 0 Å². The second kappa shape index (κ2) is 3.53. The van der Waals surface area contributed by atoms with Crippen molar-refractivity contribution in [3.63, 3.8) is 0 Å². The van der Waals surface area contributed by atoms with Crippen molar-refractivity contribution in [1.82, 2.24) is 0 Å². The first-order valence-corrected chi connectivity index (χ1v) is 6.49. The summed E-state index contributed by atoms with van der Waals surface area (Å²) in [7, 11) is 0. The molecular weight excluding hydrogens is 228 g/mol. The zero-order chi connectivity index (χ0) is 8.55. The van der Waals surface area contributed by atoms with E-state index in [1.54, 1.807) is 47.0 Å². The van der Waals surface area contributed by atoms with Crippen molar-refractivity contribution in [2.75, 3.05) is 0 Å². The Hall–Kier alpha value is 0.220. The van der Waals surface area contributed by atoms with Crippen LogP contribution in [0.25, 0.3) is 0 Å². The molecule has 0 atom stereocenters. The van der Waals surface area contributed by atoms with Crippen LogP contribution in [0.15, 0.2) is 29.3 Å². The molecule has 0 aromatic rings. The number of thioether (sulfide) groups is 4. The maximum atomic E-state index is 5.63. The fraction of sp³-hybridized carbons (Fsp3) is 0. The fourth-order valence-electron chi connectivity index (χ4n) is 0.713. The second-order valence-electron chi connectivity index (χ2n) is 2.06. The van der Waals surface area contributed by atoms with E-state index in [-0.39, 0.29) is 0 Å². The van der Waals surface area contributed by atoms with E-state index in [1.807, 2.05) is 10.8 Å². The van der Waals surface area contributed by atoms with E-state index in [9.17, 15) is 0 Å². The SMILES string of the molecule is NC1=CSC(=C2SC=C(N)S2)S1. The van der Waals surface area contributed by atoms with Gasteiger partial charge < -0.3 is 11.5 Å². The molecule has 0 fully saturated rings. The number of rotatable bonds is 0. The minimum absolute atomic E-state index is 0.870. The molecule has 0 aromatic carbocycles. The van der Waals surface area contributed by atoms with Crippen LogP contribution in [0.4, 0.5) is 0 Å². The molecule has 2 aliphatic rings. The zero-order valence-electron chi connectivity index (χ0n) is 5.94. The number of hydrogen-bond acceptors (Lipinski definition) is 6. The highest BCUT2D eigenvalue weighted by atomic mass is 32.2. The van der Waals surface area contributed by atoms with E-state index in [4.69, 9.17) is 11.5 Å². The van der Waals surface area contributed by atoms with Crippen LogP contribution in [0.3, 0.4) is 0 Å². The third-order valence-corrected chi connectivity index (χ3v) is 6.11. The monoisotopic (exact) mass is 234 g/mol. The average Bonchev–Trinajstić information content (AvgIpc) is 2.58. The van der Waals surface area contributed by atoms with Crippen LogP contribution >= 0.6 is 47.0 Å². The molecule has 64 valence electrons. The predicted octanol–water partition coefficient (Wildman–Crippen LogP) is 2.59. The van der Waals surface area contributed by atoms with Gasteiger partial charge in [0, 0.05) is 10.8 Å². The molecule has 2 heterocycles. The van der Waals surface area contributed by atoms with Gasteiger partial charge in [-0.3, -0.25) is 0 Å². The summed E-state index contributed by atoms with van der Waals surface area (Å²) in [6, 6.07) is 0. The highest BCUT2D eigenvalue weighted by Gasteiger charge is 2.19. The van der Waals surface area contributed by atoms with Gasteiger partial charge in [0.2, 0.25) is 0 Å². The maximum absolute atomic E-state index is 5.63. The van der Waals surface area contributed by atoms with Gasteiger partial charge in [0.1, 0.15) is 0 Å². The van der Waals surface area contributed by atoms with Crippen molar-refractivity contribution in [2.45, 2.75) is 0 Å². The highest BCUT2D eigenvalue weighted by Crippen LogP contribution is 2.53. The minimum atomic E-state index is 0.870. The van der Waals surface area contributed by atoms with E-state index in [0.29, 0.717) is 0 Å². The zero-order valence-corrected chi connectivity index (χ0v) is 9.21. The van der Waals surface area contributed by atoms with Crippen molar-refractivity contribution in [1.29, 1.82) is 0 Å². The molecule has 12 heavy (non-hydrogen) atoms. The molecule has 0 saturated carbocycles. The molecule has 0 amide bonds. The van der Waals surface area contributed by atoms with Crippen molar-refractivity contribution in [3.8, 4) is 0 Å². The van der Waals surface area contributed by atoms with Gasteiger partial charge in [0.25, 0.3) is 0 Å². The number of nitrogens with two attached hydrogens (primary N) is 2. The standard InChI is InChI=1S/C6H6N2S4/c7-3-1-9-5(11-3)6-10-2-4(8)12-6/h1-2H,7-8H2. The Morgan fingerprint density at radius 3 is 1.50 bits per heavy atom. The summed E-state index contributed by atoms with van der Waals surface area (Å²) >= 11 is 6.58. The molecule has 6 heteroatoms. The predicted molar refractivity (Wildman–Crippen MR) is 61.9 cm³/mol. The number of hydrogen-bond donors (Lipinski definition) is 2. The summed E-state index contributed by atoms with van der Waals surface area (Å²) in [6.45, 7) is 0. The third-order valence-electron chi connectivity index (χ3n) is 1.15. The lowest BCUT2D eigenvalue weighted by Crippen LogP contribution is -1.86. The first kappa shape index (κ1) is 8.80. The van der Waals surface area contributed by atoms with Crippen LogP contribution in [-0.2, 0) is 0 Å². The van der Waals surface area contributed by atoms with Crippen molar-refractivity contribution in [2.24, 2.45) is 11.5 Å². The van der Waals surface area contributed by atoms with E-state index < -0.39 is 0 Å². The van der Waals surface area contributed by atoms with E-state index in [1.165, 1.54) is 8.47 Å². The van der Waals surface area contributed by atoms with Crippen LogP contribution in [0, 0.1) is 0 Å². The van der Waals surface area contributed by atoms with Gasteiger partial charge in [0.15, 0.2) is 0 Å². The Morgan fingerprint density at radius 2 is 1.25 bits per heavy atom. The molecule has 0 radical (unpaired) electrons. The Kier molecular flexibility index (Phi) is 2.59. The molecule has 2 rings (SSSR count). The van der Waals surface area contributed by atoms with Crippen molar-refractivity contribution < 1.29 is 0 Å². The summed E-state index contributed by atoms with van der Waals surface area (Å²) in [4.78, 5) is 0. The summed E-state index contributed by atoms with van der Waals surface area (Å²) in [5, 5.41) is 5.66. The van der Waals surface area contributed by atoms with E-state index in [2.05, 4.69) is 0 Å². The highest BCUT2D eigenvalue weighted by molar-refractivity contribution is 8.33. The molecule has 2 nitrogen and oxygen atoms in total. The topological polar surface area (TPSA) is 52.0 Å². The molecule has 0 bridgehead atoms. The Labute approximate surface area is 87.7 Å². The fourth-order valence-corrected chi connectivity index (χ4v) is 4.95. The minimum Gasteiger partial charge on any atom is -0.393 e. The summed E-state index contributed by atoms with van der Waals surface area (Å²) in [5.41, 5.74) is 11.3. The van der Waals surface area contributed by atoms with Crippen LogP contribution in [0.2, 0.25) is 0 Å². The molecule has 0 aliphatic carbocycles. The maximum Gasteiger partial charge on any atom is 0.0777 e. The molecule has 4 N–H and O–H groups in total. The quantitative estimate of drug-likeness (QED) is 0.672. The lowest BCUT2D eigenvalue weighted by Gasteiger charge is -1.99. The summed E-state index contributed by atoms with van der Waals surface area (Å²) in [5.74, 6) is 0. The second-order valence-corrected chi connectivity index (χ2v) is 6.50. The lowest BCUT2D eigenvalue weighted by molar-refractivity contribution is 1.58. The average molecular weight is 234 g/mol. The third kappa shape index (κ3) is 1.76. The van der Waals surface area contributed by atoms with E-state index >= 15 is 0 Å². The molecule has 0 saturated heterocycles. The normalized spacial score (nSPS) is 29.0. The first-order chi connectivity index (χ1) is 5.75. The molecular formula is C6H6N2S4. The van der Waals surface area contributed by atoms with Gasteiger partial charge in [-0.1, -0.05) is 47.0 Å². The van der Waals surface area contributed by atoms with Crippen LogP contribution in [-0.4, -0.2) is 0 Å². The molecule has 2 aliphatic heterocycles. The van der Waals surface area contributed by atoms with Crippen molar-refractivity contribution in [3.05, 3.63) is 29.3 Å².